The van der Waals surface area contributed by atoms with E-state index in [9.17, 15) is 4.79 Å². The molecule has 2 aromatic heterocycles. The summed E-state index contributed by atoms with van der Waals surface area (Å²) in [6, 6.07) is 3.57. The second-order valence-electron chi connectivity index (χ2n) is 3.88. The minimum atomic E-state index is -1.13. The van der Waals surface area contributed by atoms with Crippen molar-refractivity contribution >= 4 is 5.97 Å². The third-order valence-corrected chi connectivity index (χ3v) is 2.23. The van der Waals surface area contributed by atoms with Gasteiger partial charge >= 0.3 is 5.97 Å². The zero-order valence-corrected chi connectivity index (χ0v) is 9.53. The molecule has 0 fully saturated rings. The van der Waals surface area contributed by atoms with E-state index >= 15 is 0 Å². The van der Waals surface area contributed by atoms with Gasteiger partial charge in [-0.2, -0.15) is 0 Å². The summed E-state index contributed by atoms with van der Waals surface area (Å²) in [5, 5.41) is 12.9. The normalized spacial score (nSPS) is 10.8. The smallest absolute Gasteiger partial charge is 0.375 e. The molecule has 2 rings (SSSR count). The second-order valence-corrected chi connectivity index (χ2v) is 3.88. The van der Waals surface area contributed by atoms with E-state index in [1.807, 2.05) is 13.8 Å². The molecule has 0 unspecified atom stereocenters. The van der Waals surface area contributed by atoms with Gasteiger partial charge < -0.3 is 5.11 Å². The largest absolute Gasteiger partial charge is 0.475 e. The third kappa shape index (κ3) is 2.15. The van der Waals surface area contributed by atoms with Crippen molar-refractivity contribution in [3.05, 3.63) is 36.2 Å². The maximum absolute atomic E-state index is 10.9. The van der Waals surface area contributed by atoms with Gasteiger partial charge in [0.2, 0.25) is 0 Å². The number of aromatic nitrogens is 4. The van der Waals surface area contributed by atoms with Gasteiger partial charge in [0.25, 0.3) is 5.82 Å². The summed E-state index contributed by atoms with van der Waals surface area (Å²) >= 11 is 0. The fourth-order valence-electron chi connectivity index (χ4n) is 1.46. The number of pyridine rings is 1. The van der Waals surface area contributed by atoms with E-state index in [2.05, 4.69) is 15.1 Å². The highest BCUT2D eigenvalue weighted by molar-refractivity contribution is 5.83. The Hall–Kier alpha value is -2.24. The van der Waals surface area contributed by atoms with Crippen LogP contribution in [0.25, 0.3) is 5.69 Å². The average Bonchev–Trinajstić information content (AvgIpc) is 2.75. The fraction of sp³-hybridized carbons (Fsp3) is 0.273. The molecular weight excluding hydrogens is 220 g/mol. The standard InChI is InChI=1S/C11H12N4O2/c1-7(2)10-13-9(11(16)17)14-15(10)8-4-3-5-12-6-8/h3-7H,1-2H3,(H,16,17). The Morgan fingerprint density at radius 2 is 2.24 bits per heavy atom. The summed E-state index contributed by atoms with van der Waals surface area (Å²) < 4.78 is 1.52. The van der Waals surface area contributed by atoms with Crippen LogP contribution in [-0.2, 0) is 0 Å². The lowest BCUT2D eigenvalue weighted by Crippen LogP contribution is -2.05. The Labute approximate surface area is 98.0 Å². The van der Waals surface area contributed by atoms with Crippen LogP contribution in [0.15, 0.2) is 24.5 Å². The van der Waals surface area contributed by atoms with Crippen molar-refractivity contribution in [3.8, 4) is 5.69 Å². The van der Waals surface area contributed by atoms with Gasteiger partial charge in [-0.15, -0.1) is 5.10 Å². The summed E-state index contributed by atoms with van der Waals surface area (Å²) in [4.78, 5) is 18.9. The Kier molecular flexibility index (Phi) is 2.86. The molecule has 0 atom stereocenters. The van der Waals surface area contributed by atoms with E-state index in [0.717, 1.165) is 0 Å². The number of carboxylic acids is 1. The van der Waals surface area contributed by atoms with Gasteiger partial charge in [0.15, 0.2) is 0 Å². The van der Waals surface area contributed by atoms with Gasteiger partial charge in [-0.05, 0) is 12.1 Å². The van der Waals surface area contributed by atoms with Crippen molar-refractivity contribution in [1.82, 2.24) is 19.7 Å². The zero-order chi connectivity index (χ0) is 12.4. The summed E-state index contributed by atoms with van der Waals surface area (Å²) in [6.07, 6.45) is 3.26. The van der Waals surface area contributed by atoms with Gasteiger partial charge in [-0.3, -0.25) is 4.98 Å². The van der Waals surface area contributed by atoms with Gasteiger partial charge in [0, 0.05) is 12.1 Å². The number of hydrogen-bond donors (Lipinski definition) is 1. The Morgan fingerprint density at radius 1 is 1.47 bits per heavy atom. The highest BCUT2D eigenvalue weighted by atomic mass is 16.4. The number of carbonyl (C=O) groups is 1. The van der Waals surface area contributed by atoms with Crippen LogP contribution in [0.5, 0.6) is 0 Å². The number of nitrogens with zero attached hydrogens (tertiary/aromatic N) is 4. The molecule has 0 aliphatic carbocycles. The predicted molar refractivity (Wildman–Crippen MR) is 60.2 cm³/mol. The van der Waals surface area contributed by atoms with Crippen molar-refractivity contribution in [2.45, 2.75) is 19.8 Å². The Bertz CT molecular complexity index is 534. The Morgan fingerprint density at radius 3 is 2.76 bits per heavy atom. The predicted octanol–water partition coefficient (Wildman–Crippen LogP) is 1.48. The van der Waals surface area contributed by atoms with Crippen LogP contribution in [0.2, 0.25) is 0 Å². The molecule has 2 aromatic rings. The van der Waals surface area contributed by atoms with Crippen LogP contribution in [0.1, 0.15) is 36.2 Å². The first-order valence-electron chi connectivity index (χ1n) is 5.20. The number of carboxylic acid groups (broad SMARTS) is 1. The topological polar surface area (TPSA) is 80.9 Å². The van der Waals surface area contributed by atoms with Crippen molar-refractivity contribution in [1.29, 1.82) is 0 Å². The molecule has 0 amide bonds. The first kappa shape index (κ1) is 11.3. The van der Waals surface area contributed by atoms with Crippen LogP contribution >= 0.6 is 0 Å². The quantitative estimate of drug-likeness (QED) is 0.866. The van der Waals surface area contributed by atoms with Gasteiger partial charge in [0.05, 0.1) is 11.9 Å². The van der Waals surface area contributed by atoms with E-state index in [1.165, 1.54) is 4.68 Å². The molecule has 0 spiro atoms. The first-order valence-corrected chi connectivity index (χ1v) is 5.20. The second kappa shape index (κ2) is 4.32. The van der Waals surface area contributed by atoms with Crippen LogP contribution in [-0.4, -0.2) is 30.8 Å². The molecule has 0 saturated carbocycles. The van der Waals surface area contributed by atoms with Crippen molar-refractivity contribution in [2.75, 3.05) is 0 Å². The minimum absolute atomic E-state index is 0.0795. The molecule has 0 saturated heterocycles. The molecule has 0 aliphatic rings. The summed E-state index contributed by atoms with van der Waals surface area (Å²) in [6.45, 7) is 3.87. The SMILES string of the molecule is CC(C)c1nc(C(=O)O)nn1-c1cccnc1. The molecule has 0 aromatic carbocycles. The zero-order valence-electron chi connectivity index (χ0n) is 9.53. The molecular formula is C11H12N4O2. The van der Waals surface area contributed by atoms with E-state index in [1.54, 1.807) is 24.5 Å². The lowest BCUT2D eigenvalue weighted by Gasteiger charge is -2.06. The summed E-state index contributed by atoms with van der Waals surface area (Å²) in [5.41, 5.74) is 0.705. The minimum Gasteiger partial charge on any atom is -0.475 e. The van der Waals surface area contributed by atoms with Crippen molar-refractivity contribution in [2.24, 2.45) is 0 Å². The van der Waals surface area contributed by atoms with E-state index in [-0.39, 0.29) is 11.7 Å². The average molecular weight is 232 g/mol. The molecule has 1 N–H and O–H groups in total. The molecule has 0 bridgehead atoms. The molecule has 6 heteroatoms. The number of rotatable bonds is 3. The lowest BCUT2D eigenvalue weighted by molar-refractivity contribution is 0.0683. The van der Waals surface area contributed by atoms with E-state index < -0.39 is 5.97 Å². The highest BCUT2D eigenvalue weighted by Crippen LogP contribution is 2.16. The molecule has 88 valence electrons. The van der Waals surface area contributed by atoms with Gasteiger partial charge in [0.1, 0.15) is 5.82 Å². The first-order chi connectivity index (χ1) is 8.09. The molecule has 0 radical (unpaired) electrons. The van der Waals surface area contributed by atoms with Gasteiger partial charge in [-0.1, -0.05) is 13.8 Å². The molecule has 17 heavy (non-hydrogen) atoms. The van der Waals surface area contributed by atoms with Crippen LogP contribution in [0, 0.1) is 0 Å². The van der Waals surface area contributed by atoms with Crippen molar-refractivity contribution in [3.63, 3.8) is 0 Å². The maximum Gasteiger partial charge on any atom is 0.375 e. The molecule has 2 heterocycles. The summed E-state index contributed by atoms with van der Waals surface area (Å²) in [5.74, 6) is -0.640. The summed E-state index contributed by atoms with van der Waals surface area (Å²) in [7, 11) is 0. The molecule has 6 nitrogen and oxygen atoms in total. The number of aromatic carboxylic acids is 1. The van der Waals surface area contributed by atoms with Crippen LogP contribution < -0.4 is 0 Å². The fourth-order valence-corrected chi connectivity index (χ4v) is 1.46. The van der Waals surface area contributed by atoms with E-state index in [4.69, 9.17) is 5.11 Å². The van der Waals surface area contributed by atoms with E-state index in [0.29, 0.717) is 11.5 Å². The van der Waals surface area contributed by atoms with Crippen molar-refractivity contribution < 1.29 is 9.90 Å². The third-order valence-electron chi connectivity index (χ3n) is 2.23. The van der Waals surface area contributed by atoms with Crippen LogP contribution in [0.3, 0.4) is 0 Å². The van der Waals surface area contributed by atoms with Crippen LogP contribution in [0.4, 0.5) is 0 Å². The monoisotopic (exact) mass is 232 g/mol. The van der Waals surface area contributed by atoms with Gasteiger partial charge in [-0.25, -0.2) is 14.5 Å². The molecule has 0 aliphatic heterocycles. The lowest BCUT2D eigenvalue weighted by atomic mass is 10.2. The Balaban J connectivity index is 2.56. The maximum atomic E-state index is 10.9. The number of hydrogen-bond acceptors (Lipinski definition) is 4. The highest BCUT2D eigenvalue weighted by Gasteiger charge is 2.18.